The third kappa shape index (κ3) is 3.47. The zero-order chi connectivity index (χ0) is 12.1. The lowest BCUT2D eigenvalue weighted by Crippen LogP contribution is -2.33. The van der Waals surface area contributed by atoms with Gasteiger partial charge in [-0.1, -0.05) is 32.0 Å². The molecule has 0 bridgehead atoms. The number of nitrogens with one attached hydrogen (secondary N) is 2. The van der Waals surface area contributed by atoms with E-state index in [0.29, 0.717) is 5.92 Å². The molecule has 0 spiro atoms. The normalized spacial score (nSPS) is 20.5. The third-order valence-corrected chi connectivity index (χ3v) is 3.56. The van der Waals surface area contributed by atoms with E-state index in [1.807, 2.05) is 0 Å². The molecule has 1 saturated heterocycles. The van der Waals surface area contributed by atoms with Crippen LogP contribution in [0.25, 0.3) is 0 Å². The Bertz CT molecular complexity index is 341. The highest BCUT2D eigenvalue weighted by Gasteiger charge is 2.13. The van der Waals surface area contributed by atoms with Crippen LogP contribution >= 0.6 is 0 Å². The van der Waals surface area contributed by atoms with E-state index in [1.165, 1.54) is 30.6 Å². The lowest BCUT2D eigenvalue weighted by Gasteiger charge is -2.24. The fourth-order valence-electron chi connectivity index (χ4n) is 2.51. The number of rotatable bonds is 4. The first-order chi connectivity index (χ1) is 8.27. The summed E-state index contributed by atoms with van der Waals surface area (Å²) in [4.78, 5) is 0. The van der Waals surface area contributed by atoms with Crippen LogP contribution in [0.1, 0.15) is 38.2 Å². The lowest BCUT2D eigenvalue weighted by atomic mass is 9.98. The van der Waals surface area contributed by atoms with Crippen LogP contribution in [0.3, 0.4) is 0 Å². The molecule has 1 aliphatic rings. The molecule has 1 unspecified atom stereocenters. The Morgan fingerprint density at radius 1 is 1.35 bits per heavy atom. The lowest BCUT2D eigenvalue weighted by molar-refractivity contribution is 0.393. The second-order valence-corrected chi connectivity index (χ2v) is 5.34. The number of hydrogen-bond acceptors (Lipinski definition) is 2. The smallest absolute Gasteiger partial charge is 0.0375 e. The molecule has 1 aromatic rings. The van der Waals surface area contributed by atoms with Gasteiger partial charge in [0.05, 0.1) is 0 Å². The molecule has 0 saturated carbocycles. The SMILES string of the molecule is CC(C)c1ccccc1NCC1CCCNC1. The van der Waals surface area contributed by atoms with Crippen molar-refractivity contribution < 1.29 is 0 Å². The molecule has 2 heteroatoms. The van der Waals surface area contributed by atoms with E-state index in [-0.39, 0.29) is 0 Å². The van der Waals surface area contributed by atoms with E-state index in [4.69, 9.17) is 0 Å². The second-order valence-electron chi connectivity index (χ2n) is 5.34. The molecule has 0 radical (unpaired) electrons. The average Bonchev–Trinajstić information content (AvgIpc) is 2.38. The maximum absolute atomic E-state index is 3.62. The summed E-state index contributed by atoms with van der Waals surface area (Å²) in [5, 5.41) is 7.09. The van der Waals surface area contributed by atoms with Gasteiger partial charge in [-0.3, -0.25) is 0 Å². The van der Waals surface area contributed by atoms with Gasteiger partial charge in [0, 0.05) is 12.2 Å². The van der Waals surface area contributed by atoms with Crippen molar-refractivity contribution in [3.05, 3.63) is 29.8 Å². The Kier molecular flexibility index (Phi) is 4.43. The minimum absolute atomic E-state index is 0.586. The molecular weight excluding hydrogens is 208 g/mol. The highest BCUT2D eigenvalue weighted by Crippen LogP contribution is 2.24. The summed E-state index contributed by atoms with van der Waals surface area (Å²) in [6.07, 6.45) is 2.67. The van der Waals surface area contributed by atoms with Crippen LogP contribution < -0.4 is 10.6 Å². The molecule has 1 aliphatic heterocycles. The summed E-state index contributed by atoms with van der Waals surface area (Å²) in [5.41, 5.74) is 2.74. The molecule has 2 N–H and O–H groups in total. The van der Waals surface area contributed by atoms with Crippen LogP contribution in [0.5, 0.6) is 0 Å². The molecule has 1 heterocycles. The molecular formula is C15H24N2. The number of benzene rings is 1. The third-order valence-electron chi connectivity index (χ3n) is 3.56. The van der Waals surface area contributed by atoms with E-state index in [2.05, 4.69) is 48.7 Å². The van der Waals surface area contributed by atoms with Gasteiger partial charge >= 0.3 is 0 Å². The summed E-state index contributed by atoms with van der Waals surface area (Å²) in [6.45, 7) is 7.96. The van der Waals surface area contributed by atoms with Crippen molar-refractivity contribution in [2.75, 3.05) is 25.0 Å². The Labute approximate surface area is 105 Å². The molecule has 94 valence electrons. The fourth-order valence-corrected chi connectivity index (χ4v) is 2.51. The van der Waals surface area contributed by atoms with Crippen molar-refractivity contribution in [2.24, 2.45) is 5.92 Å². The van der Waals surface area contributed by atoms with Crippen LogP contribution in [-0.2, 0) is 0 Å². The molecule has 0 aliphatic carbocycles. The van der Waals surface area contributed by atoms with Gasteiger partial charge in [-0.15, -0.1) is 0 Å². The minimum Gasteiger partial charge on any atom is -0.384 e. The van der Waals surface area contributed by atoms with Crippen molar-refractivity contribution >= 4 is 5.69 Å². The van der Waals surface area contributed by atoms with E-state index in [9.17, 15) is 0 Å². The molecule has 1 atom stereocenters. The van der Waals surface area contributed by atoms with Gasteiger partial charge in [0.15, 0.2) is 0 Å². The number of para-hydroxylation sites is 1. The standard InChI is InChI=1S/C15H24N2/c1-12(2)14-7-3-4-8-15(14)17-11-13-6-5-9-16-10-13/h3-4,7-8,12-13,16-17H,5-6,9-11H2,1-2H3. The van der Waals surface area contributed by atoms with Crippen LogP contribution in [0.4, 0.5) is 5.69 Å². The van der Waals surface area contributed by atoms with E-state index >= 15 is 0 Å². The molecule has 0 amide bonds. The highest BCUT2D eigenvalue weighted by atomic mass is 14.9. The fraction of sp³-hybridized carbons (Fsp3) is 0.600. The topological polar surface area (TPSA) is 24.1 Å². The monoisotopic (exact) mass is 232 g/mol. The van der Waals surface area contributed by atoms with Crippen molar-refractivity contribution in [1.82, 2.24) is 5.32 Å². The van der Waals surface area contributed by atoms with Crippen molar-refractivity contribution in [1.29, 1.82) is 0 Å². The van der Waals surface area contributed by atoms with Crippen molar-refractivity contribution in [3.63, 3.8) is 0 Å². The maximum atomic E-state index is 3.62. The van der Waals surface area contributed by atoms with Crippen LogP contribution in [-0.4, -0.2) is 19.6 Å². The van der Waals surface area contributed by atoms with Crippen LogP contribution in [0, 0.1) is 5.92 Å². The first-order valence-electron chi connectivity index (χ1n) is 6.81. The Balaban J connectivity index is 1.93. The highest BCUT2D eigenvalue weighted by molar-refractivity contribution is 5.52. The van der Waals surface area contributed by atoms with Gasteiger partial charge in [0.2, 0.25) is 0 Å². The van der Waals surface area contributed by atoms with Crippen LogP contribution in [0.15, 0.2) is 24.3 Å². The zero-order valence-corrected chi connectivity index (χ0v) is 11.0. The van der Waals surface area contributed by atoms with Gasteiger partial charge in [0.25, 0.3) is 0 Å². The molecule has 2 nitrogen and oxygen atoms in total. The molecule has 2 rings (SSSR count). The van der Waals surface area contributed by atoms with Gasteiger partial charge in [-0.05, 0) is 49.4 Å². The van der Waals surface area contributed by atoms with Gasteiger partial charge < -0.3 is 10.6 Å². The van der Waals surface area contributed by atoms with Crippen molar-refractivity contribution in [2.45, 2.75) is 32.6 Å². The average molecular weight is 232 g/mol. The van der Waals surface area contributed by atoms with E-state index < -0.39 is 0 Å². The predicted molar refractivity (Wildman–Crippen MR) is 74.6 cm³/mol. The van der Waals surface area contributed by atoms with Gasteiger partial charge in [-0.25, -0.2) is 0 Å². The quantitative estimate of drug-likeness (QED) is 0.833. The minimum atomic E-state index is 0.586. The molecule has 1 fully saturated rings. The molecule has 0 aromatic heterocycles. The Morgan fingerprint density at radius 2 is 2.18 bits per heavy atom. The van der Waals surface area contributed by atoms with E-state index in [1.54, 1.807) is 0 Å². The van der Waals surface area contributed by atoms with E-state index in [0.717, 1.165) is 19.0 Å². The zero-order valence-electron chi connectivity index (χ0n) is 11.0. The van der Waals surface area contributed by atoms with Gasteiger partial charge in [-0.2, -0.15) is 0 Å². The first-order valence-corrected chi connectivity index (χ1v) is 6.81. The summed E-state index contributed by atoms with van der Waals surface area (Å²) in [7, 11) is 0. The largest absolute Gasteiger partial charge is 0.384 e. The summed E-state index contributed by atoms with van der Waals surface area (Å²) in [5.74, 6) is 1.37. The van der Waals surface area contributed by atoms with Gasteiger partial charge in [0.1, 0.15) is 0 Å². The number of piperidine rings is 1. The first kappa shape index (κ1) is 12.4. The Morgan fingerprint density at radius 3 is 2.88 bits per heavy atom. The van der Waals surface area contributed by atoms with Crippen molar-refractivity contribution in [3.8, 4) is 0 Å². The molecule has 17 heavy (non-hydrogen) atoms. The summed E-state index contributed by atoms with van der Waals surface area (Å²) in [6, 6.07) is 8.67. The summed E-state index contributed by atoms with van der Waals surface area (Å²) >= 11 is 0. The maximum Gasteiger partial charge on any atom is 0.0375 e. The number of hydrogen-bond donors (Lipinski definition) is 2. The van der Waals surface area contributed by atoms with Crippen LogP contribution in [0.2, 0.25) is 0 Å². The number of anilines is 1. The molecule has 1 aromatic carbocycles. The second kappa shape index (κ2) is 6.06. The predicted octanol–water partition coefficient (Wildman–Crippen LogP) is 3.22. The Hall–Kier alpha value is -1.02. The summed E-state index contributed by atoms with van der Waals surface area (Å²) < 4.78 is 0.